The molecule has 3 aromatic heterocycles. The third kappa shape index (κ3) is 4.74. The second-order valence-corrected chi connectivity index (χ2v) is 8.12. The molecule has 2 N–H and O–H groups in total. The lowest BCUT2D eigenvalue weighted by atomic mass is 10.2. The molecule has 0 aliphatic rings. The van der Waals surface area contributed by atoms with Crippen LogP contribution in [0.5, 0.6) is 0 Å². The van der Waals surface area contributed by atoms with Crippen LogP contribution in [-0.4, -0.2) is 35.1 Å². The van der Waals surface area contributed by atoms with Crippen LogP contribution in [0.3, 0.4) is 0 Å². The number of rotatable bonds is 8. The van der Waals surface area contributed by atoms with E-state index in [2.05, 4.69) is 29.5 Å². The van der Waals surface area contributed by atoms with Gasteiger partial charge in [-0.3, -0.25) is 4.79 Å². The lowest BCUT2D eigenvalue weighted by molar-refractivity contribution is 0.0591. The first kappa shape index (κ1) is 22.1. The summed E-state index contributed by atoms with van der Waals surface area (Å²) in [6.07, 6.45) is 4.50. The molecular formula is C25H26N4O4. The fourth-order valence-electron chi connectivity index (χ4n) is 3.58. The highest BCUT2D eigenvalue weighted by molar-refractivity contribution is 6.14. The Bertz CT molecular complexity index is 1260. The molecule has 0 bridgehead atoms. The zero-order valence-electron chi connectivity index (χ0n) is 18.8. The van der Waals surface area contributed by atoms with E-state index in [0.717, 1.165) is 17.8 Å². The number of benzene rings is 1. The van der Waals surface area contributed by atoms with Gasteiger partial charge in [0.05, 0.1) is 36.5 Å². The van der Waals surface area contributed by atoms with Crippen LogP contribution in [0.4, 0.5) is 11.4 Å². The third-order valence-electron chi connectivity index (χ3n) is 5.20. The Labute approximate surface area is 191 Å². The van der Waals surface area contributed by atoms with Crippen LogP contribution in [0, 0.1) is 5.92 Å². The van der Waals surface area contributed by atoms with Gasteiger partial charge in [0.2, 0.25) is 0 Å². The molecular weight excluding hydrogens is 420 g/mol. The Morgan fingerprint density at radius 2 is 1.97 bits per heavy atom. The smallest absolute Gasteiger partial charge is 0.356 e. The Kier molecular flexibility index (Phi) is 6.44. The molecule has 1 aromatic carbocycles. The molecule has 0 spiro atoms. The van der Waals surface area contributed by atoms with Gasteiger partial charge < -0.3 is 24.4 Å². The fraction of sp³-hybridized carbons (Fsp3) is 0.240. The number of hydrogen-bond donors (Lipinski definition) is 2. The molecule has 4 rings (SSSR count). The van der Waals surface area contributed by atoms with Crippen LogP contribution in [-0.2, 0) is 11.3 Å². The molecule has 0 fully saturated rings. The normalized spacial score (nSPS) is 11.0. The van der Waals surface area contributed by atoms with Crippen molar-refractivity contribution in [2.24, 2.45) is 5.92 Å². The predicted molar refractivity (Wildman–Crippen MR) is 127 cm³/mol. The summed E-state index contributed by atoms with van der Waals surface area (Å²) in [5.74, 6) is -0.523. The summed E-state index contributed by atoms with van der Waals surface area (Å²) in [4.78, 5) is 30.5. The van der Waals surface area contributed by atoms with E-state index >= 15 is 0 Å². The maximum Gasteiger partial charge on any atom is 0.356 e. The molecule has 8 nitrogen and oxygen atoms in total. The van der Waals surface area contributed by atoms with Crippen molar-refractivity contribution in [1.29, 1.82) is 0 Å². The Morgan fingerprint density at radius 1 is 1.18 bits per heavy atom. The van der Waals surface area contributed by atoms with Gasteiger partial charge in [-0.05, 0) is 23.6 Å². The molecule has 3 heterocycles. The highest BCUT2D eigenvalue weighted by atomic mass is 16.5. The topological polar surface area (TPSA) is 98.4 Å². The maximum absolute atomic E-state index is 12.9. The van der Waals surface area contributed by atoms with Crippen molar-refractivity contribution in [1.82, 2.24) is 9.55 Å². The van der Waals surface area contributed by atoms with Crippen molar-refractivity contribution in [2.75, 3.05) is 24.3 Å². The van der Waals surface area contributed by atoms with Gasteiger partial charge in [-0.15, -0.1) is 0 Å². The van der Waals surface area contributed by atoms with E-state index in [1.165, 1.54) is 19.6 Å². The molecule has 4 aromatic rings. The van der Waals surface area contributed by atoms with Gasteiger partial charge >= 0.3 is 5.97 Å². The highest BCUT2D eigenvalue weighted by Crippen LogP contribution is 2.33. The third-order valence-corrected chi connectivity index (χ3v) is 5.20. The summed E-state index contributed by atoms with van der Waals surface area (Å²) in [6, 6.07) is 13.2. The average Bonchev–Trinajstić information content (AvgIpc) is 3.45. The number of furan rings is 1. The number of amides is 1. The van der Waals surface area contributed by atoms with Gasteiger partial charge in [0, 0.05) is 18.5 Å². The average molecular weight is 447 g/mol. The maximum atomic E-state index is 12.9. The molecule has 33 heavy (non-hydrogen) atoms. The van der Waals surface area contributed by atoms with Crippen LogP contribution in [0.15, 0.2) is 65.6 Å². The van der Waals surface area contributed by atoms with Gasteiger partial charge in [0.1, 0.15) is 11.9 Å². The number of ether oxygens (including phenoxy) is 1. The number of nitrogens with one attached hydrogen (secondary N) is 2. The summed E-state index contributed by atoms with van der Waals surface area (Å²) < 4.78 is 11.9. The molecule has 0 aliphatic carbocycles. The number of esters is 1. The Morgan fingerprint density at radius 3 is 2.64 bits per heavy atom. The largest absolute Gasteiger partial charge is 0.472 e. The molecule has 1 amide bonds. The zero-order valence-corrected chi connectivity index (χ0v) is 18.8. The van der Waals surface area contributed by atoms with E-state index in [9.17, 15) is 9.59 Å². The van der Waals surface area contributed by atoms with E-state index < -0.39 is 11.9 Å². The molecule has 0 saturated carbocycles. The molecule has 0 unspecified atom stereocenters. The zero-order chi connectivity index (χ0) is 23.4. The van der Waals surface area contributed by atoms with Crippen molar-refractivity contribution in [3.05, 3.63) is 78.0 Å². The Balaban J connectivity index is 1.88. The van der Waals surface area contributed by atoms with Gasteiger partial charge in [0.25, 0.3) is 5.91 Å². The van der Waals surface area contributed by atoms with Crippen molar-refractivity contribution in [2.45, 2.75) is 20.4 Å². The first-order chi connectivity index (χ1) is 16.0. The fourth-order valence-corrected chi connectivity index (χ4v) is 3.58. The van der Waals surface area contributed by atoms with Crippen LogP contribution in [0.2, 0.25) is 0 Å². The van der Waals surface area contributed by atoms with Crippen LogP contribution < -0.4 is 10.6 Å². The van der Waals surface area contributed by atoms with Gasteiger partial charge in [-0.2, -0.15) is 0 Å². The van der Waals surface area contributed by atoms with E-state index in [1.54, 1.807) is 16.8 Å². The second kappa shape index (κ2) is 9.60. The highest BCUT2D eigenvalue weighted by Gasteiger charge is 2.27. The predicted octanol–water partition coefficient (Wildman–Crippen LogP) is 4.78. The number of nitrogens with zero attached hydrogens (tertiary/aromatic N) is 2. The number of aromatic nitrogens is 2. The molecule has 0 saturated heterocycles. The molecule has 170 valence electrons. The van der Waals surface area contributed by atoms with Crippen molar-refractivity contribution < 1.29 is 18.7 Å². The number of methoxy groups -OCH3 is 1. The number of pyridine rings is 1. The number of carbonyl (C=O) groups excluding carboxylic acids is 2. The van der Waals surface area contributed by atoms with Gasteiger partial charge in [-0.1, -0.05) is 44.2 Å². The summed E-state index contributed by atoms with van der Waals surface area (Å²) >= 11 is 0. The quantitative estimate of drug-likeness (QED) is 0.378. The number of anilines is 2. The first-order valence-electron chi connectivity index (χ1n) is 10.7. The monoisotopic (exact) mass is 446 g/mol. The molecule has 0 radical (unpaired) electrons. The van der Waals surface area contributed by atoms with Crippen molar-refractivity contribution >= 4 is 34.3 Å². The van der Waals surface area contributed by atoms with Crippen LogP contribution in [0.1, 0.15) is 40.3 Å². The number of carbonyl (C=O) groups is 2. The van der Waals surface area contributed by atoms with Crippen LogP contribution in [0.25, 0.3) is 11.0 Å². The van der Waals surface area contributed by atoms with Gasteiger partial charge in [0.15, 0.2) is 5.69 Å². The van der Waals surface area contributed by atoms with E-state index in [4.69, 9.17) is 9.15 Å². The van der Waals surface area contributed by atoms with Crippen LogP contribution >= 0.6 is 0 Å². The SMILES string of the molecule is COC(=O)c1c(NC(=O)c2ccoc2)c2cc(NCC(C)C)cnc2n1Cc1ccccc1. The van der Waals surface area contributed by atoms with Crippen molar-refractivity contribution in [3.63, 3.8) is 0 Å². The van der Waals surface area contributed by atoms with E-state index in [-0.39, 0.29) is 5.69 Å². The summed E-state index contributed by atoms with van der Waals surface area (Å²) in [6.45, 7) is 5.37. The van der Waals surface area contributed by atoms with Crippen molar-refractivity contribution in [3.8, 4) is 0 Å². The lowest BCUT2D eigenvalue weighted by Gasteiger charge is -2.11. The summed E-state index contributed by atoms with van der Waals surface area (Å²) in [5, 5.41) is 6.87. The van der Waals surface area contributed by atoms with Gasteiger partial charge in [-0.25, -0.2) is 9.78 Å². The number of fused-ring (bicyclic) bond motifs is 1. The molecule has 0 aliphatic heterocycles. The molecule has 0 atom stereocenters. The van der Waals surface area contributed by atoms with E-state index in [0.29, 0.717) is 34.7 Å². The molecule has 8 heteroatoms. The lowest BCUT2D eigenvalue weighted by Crippen LogP contribution is -2.17. The minimum atomic E-state index is -0.567. The Hall–Kier alpha value is -4.07. The van der Waals surface area contributed by atoms with E-state index in [1.807, 2.05) is 36.4 Å². The summed E-state index contributed by atoms with van der Waals surface area (Å²) in [7, 11) is 1.32. The summed E-state index contributed by atoms with van der Waals surface area (Å²) in [5.41, 5.74) is 3.26. The second-order valence-electron chi connectivity index (χ2n) is 8.12. The standard InChI is InChI=1S/C25H26N4O4/c1-16(2)12-26-19-11-20-21(28-24(30)18-9-10-33-15-18)22(25(31)32-3)29(23(20)27-13-19)14-17-7-5-4-6-8-17/h4-11,13,15-16,26H,12,14H2,1-3H3,(H,28,30). The minimum absolute atomic E-state index is 0.224. The minimum Gasteiger partial charge on any atom is -0.472 e. The first-order valence-corrected chi connectivity index (χ1v) is 10.7. The number of hydrogen-bond acceptors (Lipinski definition) is 6.